The molecule has 1 aliphatic rings. The van der Waals surface area contributed by atoms with E-state index in [2.05, 4.69) is 20.9 Å². The Kier molecular flexibility index (Phi) is 6.97. The van der Waals surface area contributed by atoms with Gasteiger partial charge in [-0.3, -0.25) is 14.7 Å². The van der Waals surface area contributed by atoms with Gasteiger partial charge in [-0.2, -0.15) is 4.31 Å². The molecule has 2 aromatic heterocycles. The van der Waals surface area contributed by atoms with Crippen molar-refractivity contribution in [3.8, 4) is 0 Å². The van der Waals surface area contributed by atoms with Gasteiger partial charge in [-0.25, -0.2) is 13.4 Å². The minimum absolute atomic E-state index is 0.208. The number of nitrogens with zero attached hydrogens (tertiary/aromatic N) is 4. The molecule has 0 bridgehead atoms. The molecule has 5 rings (SSSR count). The van der Waals surface area contributed by atoms with Crippen LogP contribution in [-0.4, -0.2) is 41.7 Å². The van der Waals surface area contributed by atoms with E-state index in [1.165, 1.54) is 27.8 Å². The van der Waals surface area contributed by atoms with Crippen molar-refractivity contribution in [2.75, 3.05) is 18.0 Å². The Balaban J connectivity index is 1.47. The van der Waals surface area contributed by atoms with Crippen molar-refractivity contribution < 1.29 is 13.2 Å². The third kappa shape index (κ3) is 5.16. The Bertz CT molecular complexity index is 1450. The molecule has 0 unspecified atom stereocenters. The largest absolute Gasteiger partial charge is 0.279 e. The second kappa shape index (κ2) is 10.1. The Morgan fingerprint density at radius 2 is 1.83 bits per heavy atom. The second-order valence-electron chi connectivity index (χ2n) is 8.35. The first-order chi connectivity index (χ1) is 16.9. The molecule has 1 amide bonds. The molecule has 2 aromatic carbocycles. The first-order valence-corrected chi connectivity index (χ1v) is 14.3. The van der Waals surface area contributed by atoms with Crippen molar-refractivity contribution in [2.24, 2.45) is 0 Å². The number of carbonyl (C=O) groups is 1. The van der Waals surface area contributed by atoms with Crippen molar-refractivity contribution in [2.45, 2.75) is 30.7 Å². The highest BCUT2D eigenvalue weighted by molar-refractivity contribution is 9.10. The lowest BCUT2D eigenvalue weighted by Gasteiger charge is -2.26. The van der Waals surface area contributed by atoms with Crippen LogP contribution in [0.1, 0.15) is 35.2 Å². The van der Waals surface area contributed by atoms with E-state index in [9.17, 15) is 13.2 Å². The van der Waals surface area contributed by atoms with Crippen LogP contribution >= 0.6 is 27.3 Å². The van der Waals surface area contributed by atoms with Crippen LogP contribution in [0.2, 0.25) is 0 Å². The van der Waals surface area contributed by atoms with Gasteiger partial charge in [0.25, 0.3) is 5.91 Å². The van der Waals surface area contributed by atoms with E-state index in [0.29, 0.717) is 30.3 Å². The first-order valence-electron chi connectivity index (χ1n) is 11.3. The first kappa shape index (κ1) is 24.1. The van der Waals surface area contributed by atoms with E-state index in [-0.39, 0.29) is 10.8 Å². The minimum Gasteiger partial charge on any atom is -0.279 e. The molecule has 0 spiro atoms. The molecule has 1 fully saturated rings. The summed E-state index contributed by atoms with van der Waals surface area (Å²) in [6.07, 6.45) is 6.20. The van der Waals surface area contributed by atoms with Crippen molar-refractivity contribution in [1.82, 2.24) is 14.3 Å². The normalized spacial score (nSPS) is 14.8. The number of aromatic nitrogens is 2. The summed E-state index contributed by atoms with van der Waals surface area (Å²) in [4.78, 5) is 24.3. The number of rotatable bonds is 6. The summed E-state index contributed by atoms with van der Waals surface area (Å²) in [6.45, 7) is 1.37. The summed E-state index contributed by atoms with van der Waals surface area (Å²) in [7, 11) is -3.56. The van der Waals surface area contributed by atoms with Gasteiger partial charge in [-0.05, 0) is 66.9 Å². The zero-order chi connectivity index (χ0) is 24.4. The van der Waals surface area contributed by atoms with Crippen LogP contribution in [0.5, 0.6) is 0 Å². The standard InChI is InChI=1S/C25H23BrN4O3S2/c26-20-8-11-22-23(15-20)34-25(28-22)30(17-18-5-4-12-27-16-18)24(31)19-6-9-21(10-7-19)35(32,33)29-13-2-1-3-14-29/h4-12,15-16H,1-3,13-14,17H2. The number of fused-ring (bicyclic) bond motifs is 1. The molecular formula is C25H23BrN4O3S2. The van der Waals surface area contributed by atoms with Gasteiger partial charge in [0.2, 0.25) is 10.0 Å². The third-order valence-corrected chi connectivity index (χ3v) is 9.38. The highest BCUT2D eigenvalue weighted by atomic mass is 79.9. The summed E-state index contributed by atoms with van der Waals surface area (Å²) < 4.78 is 29.4. The number of amides is 1. The lowest BCUT2D eigenvalue weighted by atomic mass is 10.2. The average Bonchev–Trinajstić information content (AvgIpc) is 3.31. The number of thiazole rings is 1. The van der Waals surface area contributed by atoms with E-state index >= 15 is 0 Å². The fraction of sp³-hybridized carbons (Fsp3) is 0.240. The number of carbonyl (C=O) groups excluding carboxylic acids is 1. The van der Waals surface area contributed by atoms with Crippen molar-refractivity contribution in [3.05, 3.63) is 82.6 Å². The summed E-state index contributed by atoms with van der Waals surface area (Å²) in [5.41, 5.74) is 2.07. The molecule has 180 valence electrons. The zero-order valence-electron chi connectivity index (χ0n) is 18.8. The molecular weight excluding hydrogens is 548 g/mol. The SMILES string of the molecule is O=C(c1ccc(S(=O)(=O)N2CCCCC2)cc1)N(Cc1cccnc1)c1nc2ccc(Br)cc2s1. The van der Waals surface area contributed by atoms with Crippen molar-refractivity contribution in [3.63, 3.8) is 0 Å². The Labute approximate surface area is 216 Å². The van der Waals surface area contributed by atoms with Crippen molar-refractivity contribution in [1.29, 1.82) is 0 Å². The third-order valence-electron chi connectivity index (χ3n) is 5.93. The second-order valence-corrected chi connectivity index (χ2v) is 12.2. The van der Waals surface area contributed by atoms with Gasteiger partial charge in [0.15, 0.2) is 5.13 Å². The smallest absolute Gasteiger partial charge is 0.260 e. The number of halogens is 1. The number of piperidine rings is 1. The highest BCUT2D eigenvalue weighted by Crippen LogP contribution is 2.32. The van der Waals surface area contributed by atoms with Crippen LogP contribution in [0.4, 0.5) is 5.13 Å². The molecule has 3 heterocycles. The maximum atomic E-state index is 13.7. The van der Waals surface area contributed by atoms with Gasteiger partial charge < -0.3 is 0 Å². The molecule has 0 radical (unpaired) electrons. The lowest BCUT2D eigenvalue weighted by Crippen LogP contribution is -2.35. The van der Waals surface area contributed by atoms with Gasteiger partial charge in [-0.15, -0.1) is 0 Å². The van der Waals surface area contributed by atoms with Crippen molar-refractivity contribution >= 4 is 58.5 Å². The number of sulfonamides is 1. The van der Waals surface area contributed by atoms with Gasteiger partial charge in [0.1, 0.15) is 0 Å². The molecule has 0 aliphatic carbocycles. The number of anilines is 1. The maximum Gasteiger partial charge on any atom is 0.260 e. The number of benzene rings is 2. The monoisotopic (exact) mass is 570 g/mol. The number of hydrogen-bond acceptors (Lipinski definition) is 6. The van der Waals surface area contributed by atoms with E-state index < -0.39 is 10.0 Å². The summed E-state index contributed by atoms with van der Waals surface area (Å²) in [5, 5.41) is 0.567. The van der Waals surface area contributed by atoms with Gasteiger partial charge in [0, 0.05) is 35.5 Å². The van der Waals surface area contributed by atoms with E-state index in [4.69, 9.17) is 4.98 Å². The zero-order valence-corrected chi connectivity index (χ0v) is 22.0. The Morgan fingerprint density at radius 1 is 1.06 bits per heavy atom. The Morgan fingerprint density at radius 3 is 2.54 bits per heavy atom. The Hall–Kier alpha value is -2.66. The van der Waals surface area contributed by atoms with Gasteiger partial charge >= 0.3 is 0 Å². The number of pyridine rings is 1. The predicted octanol–water partition coefficient (Wildman–Crippen LogP) is 5.48. The molecule has 0 N–H and O–H groups in total. The predicted molar refractivity (Wildman–Crippen MR) is 141 cm³/mol. The fourth-order valence-electron chi connectivity index (χ4n) is 4.08. The lowest BCUT2D eigenvalue weighted by molar-refractivity contribution is 0.0985. The summed E-state index contributed by atoms with van der Waals surface area (Å²) in [6, 6.07) is 15.7. The summed E-state index contributed by atoms with van der Waals surface area (Å²) in [5.74, 6) is -0.256. The molecule has 1 saturated heterocycles. The number of hydrogen-bond donors (Lipinski definition) is 0. The molecule has 10 heteroatoms. The van der Waals surface area contributed by atoms with E-state index in [1.54, 1.807) is 29.4 Å². The minimum atomic E-state index is -3.56. The molecule has 0 saturated carbocycles. The molecule has 1 aliphatic heterocycles. The maximum absolute atomic E-state index is 13.7. The van der Waals surface area contributed by atoms with Gasteiger partial charge in [0.05, 0.1) is 21.7 Å². The topological polar surface area (TPSA) is 83.5 Å². The van der Waals surface area contributed by atoms with E-state index in [0.717, 1.165) is 39.5 Å². The van der Waals surface area contributed by atoms with Crippen LogP contribution < -0.4 is 4.90 Å². The molecule has 35 heavy (non-hydrogen) atoms. The van der Waals surface area contributed by atoms with Gasteiger partial charge in [-0.1, -0.05) is 39.8 Å². The van der Waals surface area contributed by atoms with Crippen LogP contribution in [0.15, 0.2) is 76.4 Å². The van der Waals surface area contributed by atoms with Crippen LogP contribution in [-0.2, 0) is 16.6 Å². The van der Waals surface area contributed by atoms with Crippen LogP contribution in [0.25, 0.3) is 10.2 Å². The quantitative estimate of drug-likeness (QED) is 0.306. The molecule has 4 aromatic rings. The van der Waals surface area contributed by atoms with Crippen LogP contribution in [0.3, 0.4) is 0 Å². The highest BCUT2D eigenvalue weighted by Gasteiger charge is 2.27. The average molecular weight is 572 g/mol. The fourth-order valence-corrected chi connectivity index (χ4v) is 7.11. The van der Waals surface area contributed by atoms with Crippen LogP contribution in [0, 0.1) is 0 Å². The molecule has 7 nitrogen and oxygen atoms in total. The van der Waals surface area contributed by atoms with E-state index in [1.807, 2.05) is 30.3 Å². The summed E-state index contributed by atoms with van der Waals surface area (Å²) >= 11 is 4.92. The molecule has 0 atom stereocenters.